The van der Waals surface area contributed by atoms with E-state index in [1.807, 2.05) is 38.1 Å². The molecular formula is C26H32N2O4S. The van der Waals surface area contributed by atoms with E-state index in [1.165, 1.54) is 10.4 Å². The number of ether oxygens (including phenoxy) is 1. The van der Waals surface area contributed by atoms with Crippen molar-refractivity contribution in [1.82, 2.24) is 4.98 Å². The number of rotatable bonds is 7. The quantitative estimate of drug-likeness (QED) is 0.538. The first-order valence-electron chi connectivity index (χ1n) is 11.7. The van der Waals surface area contributed by atoms with Crippen LogP contribution in [0.1, 0.15) is 50.8 Å². The molecule has 2 aromatic carbocycles. The molecule has 0 unspecified atom stereocenters. The molecule has 0 atom stereocenters. The molecule has 0 saturated carbocycles. The average Bonchev–Trinajstić information content (AvgIpc) is 2.82. The summed E-state index contributed by atoms with van der Waals surface area (Å²) in [7, 11) is -3.84. The van der Waals surface area contributed by atoms with Crippen LogP contribution in [-0.4, -0.2) is 33.2 Å². The van der Waals surface area contributed by atoms with Gasteiger partial charge in [0.05, 0.1) is 10.6 Å². The maximum atomic E-state index is 13.7. The molecule has 33 heavy (non-hydrogen) atoms. The van der Waals surface area contributed by atoms with E-state index in [1.54, 1.807) is 18.2 Å². The lowest BCUT2D eigenvalue weighted by Gasteiger charge is -2.26. The van der Waals surface area contributed by atoms with Crippen LogP contribution in [0.2, 0.25) is 0 Å². The highest BCUT2D eigenvalue weighted by Crippen LogP contribution is 2.29. The molecule has 0 radical (unpaired) electrons. The van der Waals surface area contributed by atoms with Gasteiger partial charge >= 0.3 is 0 Å². The molecule has 1 saturated heterocycles. The van der Waals surface area contributed by atoms with Crippen LogP contribution in [0.25, 0.3) is 10.9 Å². The first-order valence-corrected chi connectivity index (χ1v) is 13.1. The van der Waals surface area contributed by atoms with Gasteiger partial charge in [-0.05, 0) is 61.1 Å². The standard InChI is InChI=1S/C26H32N2O4S/c1-4-19-5-7-21(8-6-19)28(17-18(2)3)33(30,31)22-9-10-24-23(15-22)26(29)16-25(27-24)20-11-13-32-14-12-20/h5-10,15-16,18,20H,4,11-14,17H2,1-3H3,(H,27,29). The third-order valence-electron chi connectivity index (χ3n) is 6.23. The van der Waals surface area contributed by atoms with E-state index in [0.29, 0.717) is 36.3 Å². The Bertz CT molecular complexity index is 1270. The van der Waals surface area contributed by atoms with E-state index in [4.69, 9.17) is 4.74 Å². The van der Waals surface area contributed by atoms with E-state index in [9.17, 15) is 13.2 Å². The van der Waals surface area contributed by atoms with Gasteiger partial charge in [-0.3, -0.25) is 9.10 Å². The Labute approximate surface area is 195 Å². The zero-order valence-corrected chi connectivity index (χ0v) is 20.3. The topological polar surface area (TPSA) is 79.5 Å². The van der Waals surface area contributed by atoms with Crippen LogP contribution in [0.4, 0.5) is 5.69 Å². The number of H-pyrrole nitrogens is 1. The summed E-state index contributed by atoms with van der Waals surface area (Å²) in [5, 5.41) is 0.387. The highest BCUT2D eigenvalue weighted by atomic mass is 32.2. The molecule has 1 aliphatic rings. The number of aryl methyl sites for hydroxylation is 1. The van der Waals surface area contributed by atoms with Gasteiger partial charge in [0.1, 0.15) is 0 Å². The Balaban J connectivity index is 1.74. The molecule has 0 aliphatic carbocycles. The fraction of sp³-hybridized carbons (Fsp3) is 0.423. The van der Waals surface area contributed by atoms with Crippen molar-refractivity contribution < 1.29 is 13.2 Å². The van der Waals surface area contributed by atoms with Crippen molar-refractivity contribution >= 4 is 26.6 Å². The number of nitrogens with one attached hydrogen (secondary N) is 1. The number of aromatic nitrogens is 1. The van der Waals surface area contributed by atoms with Crippen molar-refractivity contribution in [1.29, 1.82) is 0 Å². The summed E-state index contributed by atoms with van der Waals surface area (Å²) in [6, 6.07) is 14.0. The molecule has 4 rings (SSSR count). The minimum Gasteiger partial charge on any atom is -0.381 e. The van der Waals surface area contributed by atoms with Gasteiger partial charge in [-0.25, -0.2) is 8.42 Å². The fourth-order valence-corrected chi connectivity index (χ4v) is 5.99. The summed E-state index contributed by atoms with van der Waals surface area (Å²) in [4.78, 5) is 16.4. The molecule has 1 fully saturated rings. The monoisotopic (exact) mass is 468 g/mol. The first-order chi connectivity index (χ1) is 15.8. The third kappa shape index (κ3) is 4.99. The molecular weight excluding hydrogens is 436 g/mol. The first kappa shape index (κ1) is 23.5. The van der Waals surface area contributed by atoms with Crippen LogP contribution < -0.4 is 9.73 Å². The maximum absolute atomic E-state index is 13.7. The number of anilines is 1. The van der Waals surface area contributed by atoms with Crippen LogP contribution in [0, 0.1) is 5.92 Å². The minimum atomic E-state index is -3.84. The zero-order valence-electron chi connectivity index (χ0n) is 19.5. The number of aromatic amines is 1. The molecule has 7 heteroatoms. The van der Waals surface area contributed by atoms with Gasteiger partial charge in [0, 0.05) is 48.3 Å². The number of hydrogen-bond donors (Lipinski definition) is 1. The largest absolute Gasteiger partial charge is 0.381 e. The average molecular weight is 469 g/mol. The number of hydrogen-bond acceptors (Lipinski definition) is 4. The SMILES string of the molecule is CCc1ccc(N(CC(C)C)S(=O)(=O)c2ccc3[nH]c(C4CCOCC4)cc(=O)c3c2)cc1. The van der Waals surface area contributed by atoms with Crippen LogP contribution in [0.15, 0.2) is 58.2 Å². The van der Waals surface area contributed by atoms with Crippen molar-refractivity contribution in [3.63, 3.8) is 0 Å². The maximum Gasteiger partial charge on any atom is 0.264 e. The molecule has 176 valence electrons. The minimum absolute atomic E-state index is 0.125. The zero-order chi connectivity index (χ0) is 23.6. The molecule has 6 nitrogen and oxygen atoms in total. The lowest BCUT2D eigenvalue weighted by atomic mass is 9.95. The summed E-state index contributed by atoms with van der Waals surface area (Å²) in [6.45, 7) is 7.78. The molecule has 0 amide bonds. The van der Waals surface area contributed by atoms with Crippen molar-refractivity contribution in [2.45, 2.75) is 50.8 Å². The van der Waals surface area contributed by atoms with Crippen molar-refractivity contribution in [3.8, 4) is 0 Å². The number of pyridine rings is 1. The smallest absolute Gasteiger partial charge is 0.264 e. The van der Waals surface area contributed by atoms with Crippen molar-refractivity contribution in [2.75, 3.05) is 24.1 Å². The molecule has 2 heterocycles. The highest BCUT2D eigenvalue weighted by molar-refractivity contribution is 7.92. The molecule has 0 spiro atoms. The molecule has 0 bridgehead atoms. The number of fused-ring (bicyclic) bond motifs is 1. The Morgan fingerprint density at radius 1 is 1.06 bits per heavy atom. The molecule has 3 aromatic rings. The van der Waals surface area contributed by atoms with E-state index in [-0.39, 0.29) is 22.2 Å². The summed E-state index contributed by atoms with van der Waals surface area (Å²) >= 11 is 0. The van der Waals surface area contributed by atoms with E-state index in [0.717, 1.165) is 30.5 Å². The lowest BCUT2D eigenvalue weighted by molar-refractivity contribution is 0.0845. The van der Waals surface area contributed by atoms with E-state index in [2.05, 4.69) is 11.9 Å². The van der Waals surface area contributed by atoms with Gasteiger partial charge in [0.2, 0.25) is 0 Å². The normalized spacial score (nSPS) is 15.3. The second-order valence-electron chi connectivity index (χ2n) is 9.13. The number of benzene rings is 2. The second kappa shape index (κ2) is 9.69. The Morgan fingerprint density at radius 3 is 2.39 bits per heavy atom. The van der Waals surface area contributed by atoms with Gasteiger partial charge < -0.3 is 9.72 Å². The third-order valence-corrected chi connectivity index (χ3v) is 8.02. The van der Waals surface area contributed by atoms with Gasteiger partial charge in [0.15, 0.2) is 5.43 Å². The van der Waals surface area contributed by atoms with Crippen LogP contribution in [0.3, 0.4) is 0 Å². The van der Waals surface area contributed by atoms with Gasteiger partial charge in [-0.2, -0.15) is 0 Å². The molecule has 1 N–H and O–H groups in total. The lowest BCUT2D eigenvalue weighted by Crippen LogP contribution is -2.34. The fourth-order valence-electron chi connectivity index (χ4n) is 4.33. The van der Waals surface area contributed by atoms with Crippen molar-refractivity contribution in [2.24, 2.45) is 5.92 Å². The van der Waals surface area contributed by atoms with Crippen LogP contribution in [0.5, 0.6) is 0 Å². The summed E-state index contributed by atoms with van der Waals surface area (Å²) in [5.41, 5.74) is 3.17. The van der Waals surface area contributed by atoms with E-state index >= 15 is 0 Å². The predicted molar refractivity (Wildman–Crippen MR) is 133 cm³/mol. The van der Waals surface area contributed by atoms with Gasteiger partial charge in [-0.1, -0.05) is 32.9 Å². The Morgan fingerprint density at radius 2 is 1.76 bits per heavy atom. The second-order valence-corrected chi connectivity index (χ2v) is 11.0. The van der Waals surface area contributed by atoms with Crippen LogP contribution >= 0.6 is 0 Å². The summed E-state index contributed by atoms with van der Waals surface area (Å²) in [6.07, 6.45) is 2.63. The van der Waals surface area contributed by atoms with Gasteiger partial charge in [-0.15, -0.1) is 0 Å². The molecule has 1 aromatic heterocycles. The van der Waals surface area contributed by atoms with Crippen LogP contribution in [-0.2, 0) is 21.2 Å². The predicted octanol–water partition coefficient (Wildman–Crippen LogP) is 4.84. The van der Waals surface area contributed by atoms with Crippen molar-refractivity contribution in [3.05, 3.63) is 70.0 Å². The van der Waals surface area contributed by atoms with Gasteiger partial charge in [0.25, 0.3) is 10.0 Å². The Kier molecular flexibility index (Phi) is 6.91. The number of sulfonamides is 1. The van der Waals surface area contributed by atoms with E-state index < -0.39 is 10.0 Å². The summed E-state index contributed by atoms with van der Waals surface area (Å²) in [5.74, 6) is 0.392. The summed E-state index contributed by atoms with van der Waals surface area (Å²) < 4.78 is 34.3. The highest BCUT2D eigenvalue weighted by Gasteiger charge is 2.27. The Hall–Kier alpha value is -2.64. The number of nitrogens with zero attached hydrogens (tertiary/aromatic N) is 1. The molecule has 1 aliphatic heterocycles.